The number of aryl methyl sites for hydroxylation is 1. The summed E-state index contributed by atoms with van der Waals surface area (Å²) in [6.45, 7) is 2.61. The summed E-state index contributed by atoms with van der Waals surface area (Å²) in [4.78, 5) is 18.4. The van der Waals surface area contributed by atoms with Gasteiger partial charge in [-0.2, -0.15) is 4.98 Å². The van der Waals surface area contributed by atoms with Gasteiger partial charge in [-0.1, -0.05) is 24.3 Å². The normalized spacial score (nSPS) is 16.3. The van der Waals surface area contributed by atoms with Crippen molar-refractivity contribution in [2.24, 2.45) is 0 Å². The molecule has 3 aromatic heterocycles. The average Bonchev–Trinajstić information content (AvgIpc) is 3.33. The number of hydrogen-bond donors (Lipinski definition) is 0. The molecule has 0 radical (unpaired) electrons. The van der Waals surface area contributed by atoms with Crippen molar-refractivity contribution in [3.8, 4) is 5.95 Å². The van der Waals surface area contributed by atoms with Crippen LogP contribution < -0.4 is 0 Å². The lowest BCUT2D eigenvalue weighted by atomic mass is 9.98. The highest BCUT2D eigenvalue weighted by molar-refractivity contribution is 5.77. The zero-order chi connectivity index (χ0) is 20.2. The van der Waals surface area contributed by atoms with Crippen LogP contribution in [0.2, 0.25) is 0 Å². The summed E-state index contributed by atoms with van der Waals surface area (Å²) in [5.41, 5.74) is 4.65. The summed E-state index contributed by atoms with van der Waals surface area (Å²) in [7, 11) is 0. The zero-order valence-electron chi connectivity index (χ0n) is 16.2. The van der Waals surface area contributed by atoms with Crippen LogP contribution in [0.15, 0.2) is 55.0 Å². The number of imidazole rings is 2. The first-order valence-corrected chi connectivity index (χ1v) is 9.70. The molecule has 0 saturated carbocycles. The van der Waals surface area contributed by atoms with Gasteiger partial charge in [-0.05, 0) is 30.7 Å². The molecule has 0 fully saturated rings. The van der Waals surface area contributed by atoms with Crippen molar-refractivity contribution in [1.82, 2.24) is 29.1 Å². The van der Waals surface area contributed by atoms with E-state index in [-0.39, 0.29) is 18.5 Å². The molecular formula is C22H17FN6O. The Morgan fingerprint density at radius 1 is 1.03 bits per heavy atom. The topological polar surface area (TPSA) is 70.7 Å². The average molecular weight is 400 g/mol. The van der Waals surface area contributed by atoms with Crippen molar-refractivity contribution in [2.45, 2.75) is 19.6 Å². The second-order valence-corrected chi connectivity index (χ2v) is 7.35. The lowest BCUT2D eigenvalue weighted by molar-refractivity contribution is 0.0813. The van der Waals surface area contributed by atoms with Crippen LogP contribution in [0.5, 0.6) is 0 Å². The first kappa shape index (κ1) is 17.2. The van der Waals surface area contributed by atoms with Crippen LogP contribution in [0.25, 0.3) is 28.1 Å². The number of para-hydroxylation sites is 2. The fraction of sp³-hybridized carbons (Fsp3) is 0.182. The van der Waals surface area contributed by atoms with Crippen LogP contribution in [-0.4, -0.2) is 35.7 Å². The van der Waals surface area contributed by atoms with Crippen LogP contribution in [0.3, 0.4) is 0 Å². The minimum Gasteiger partial charge on any atom is -0.374 e. The summed E-state index contributed by atoms with van der Waals surface area (Å²) in [6, 6.07) is 12.8. The highest BCUT2D eigenvalue weighted by Crippen LogP contribution is 2.33. The monoisotopic (exact) mass is 400 g/mol. The summed E-state index contributed by atoms with van der Waals surface area (Å²) in [5, 5.41) is 0. The maximum Gasteiger partial charge on any atom is 0.237 e. The molecule has 0 amide bonds. The van der Waals surface area contributed by atoms with Crippen molar-refractivity contribution >= 4 is 22.2 Å². The van der Waals surface area contributed by atoms with E-state index in [4.69, 9.17) is 9.72 Å². The molecule has 2 aromatic carbocycles. The smallest absolute Gasteiger partial charge is 0.237 e. The van der Waals surface area contributed by atoms with Gasteiger partial charge in [0.05, 0.1) is 36.5 Å². The van der Waals surface area contributed by atoms with Crippen LogP contribution in [-0.2, 0) is 11.3 Å². The van der Waals surface area contributed by atoms with Crippen LogP contribution >= 0.6 is 0 Å². The fourth-order valence-corrected chi connectivity index (χ4v) is 4.22. The van der Waals surface area contributed by atoms with E-state index in [0.29, 0.717) is 29.3 Å². The quantitative estimate of drug-likeness (QED) is 0.452. The van der Waals surface area contributed by atoms with Gasteiger partial charge in [0, 0.05) is 5.56 Å². The van der Waals surface area contributed by atoms with Gasteiger partial charge >= 0.3 is 0 Å². The number of hydrogen-bond acceptors (Lipinski definition) is 5. The third-order valence-corrected chi connectivity index (χ3v) is 5.61. The SMILES string of the molecule is Cc1nc2cnc(-n3cnc4ccccc43)nc2n1C1COCc2c(F)cccc21. The van der Waals surface area contributed by atoms with Crippen LogP contribution in [0.4, 0.5) is 4.39 Å². The molecule has 5 aromatic rings. The molecule has 7 nitrogen and oxygen atoms in total. The molecule has 1 atom stereocenters. The maximum absolute atomic E-state index is 14.4. The van der Waals surface area contributed by atoms with Gasteiger partial charge in [0.2, 0.25) is 5.95 Å². The molecule has 0 N–H and O–H groups in total. The molecule has 30 heavy (non-hydrogen) atoms. The van der Waals surface area contributed by atoms with E-state index in [9.17, 15) is 4.39 Å². The lowest BCUT2D eigenvalue weighted by Crippen LogP contribution is -2.25. The Bertz CT molecular complexity index is 1420. The molecule has 1 aliphatic heterocycles. The highest BCUT2D eigenvalue weighted by atomic mass is 19.1. The standard InChI is InChI=1S/C22H17FN6O/c1-13-26-18-9-24-22(28-12-25-17-7-2-3-8-19(17)28)27-21(18)29(13)20-11-30-10-15-14(20)5-4-6-16(15)23/h2-9,12,20H,10-11H2,1H3. The van der Waals surface area contributed by atoms with Gasteiger partial charge in [-0.3, -0.25) is 4.57 Å². The molecule has 0 saturated heterocycles. The third kappa shape index (κ3) is 2.47. The van der Waals surface area contributed by atoms with Gasteiger partial charge < -0.3 is 9.30 Å². The second-order valence-electron chi connectivity index (χ2n) is 7.35. The summed E-state index contributed by atoms with van der Waals surface area (Å²) in [5.74, 6) is 1.03. The van der Waals surface area contributed by atoms with Gasteiger partial charge in [0.25, 0.3) is 0 Å². The summed E-state index contributed by atoms with van der Waals surface area (Å²) in [6.07, 6.45) is 3.43. The predicted octanol–water partition coefficient (Wildman–Crippen LogP) is 3.73. The van der Waals surface area contributed by atoms with Crippen LogP contribution in [0.1, 0.15) is 23.0 Å². The van der Waals surface area contributed by atoms with Gasteiger partial charge in [0.1, 0.15) is 23.5 Å². The molecule has 6 rings (SSSR count). The number of aromatic nitrogens is 6. The Kier molecular flexibility index (Phi) is 3.69. The van der Waals surface area contributed by atoms with Gasteiger partial charge in [-0.25, -0.2) is 19.3 Å². The van der Waals surface area contributed by atoms with E-state index in [2.05, 4.69) is 15.0 Å². The third-order valence-electron chi connectivity index (χ3n) is 5.61. The summed E-state index contributed by atoms with van der Waals surface area (Å²) >= 11 is 0. The first-order chi connectivity index (χ1) is 14.7. The minimum atomic E-state index is -0.250. The maximum atomic E-state index is 14.4. The Morgan fingerprint density at radius 3 is 2.87 bits per heavy atom. The van der Waals surface area contributed by atoms with E-state index in [0.717, 1.165) is 22.4 Å². The van der Waals surface area contributed by atoms with E-state index in [1.807, 2.05) is 46.4 Å². The van der Waals surface area contributed by atoms with Crippen molar-refractivity contribution < 1.29 is 9.13 Å². The number of halogens is 1. The molecule has 1 unspecified atom stereocenters. The number of ether oxygens (including phenoxy) is 1. The first-order valence-electron chi connectivity index (χ1n) is 9.70. The number of benzene rings is 2. The Labute approximate surface area is 170 Å². The van der Waals surface area contributed by atoms with Crippen molar-refractivity contribution in [1.29, 1.82) is 0 Å². The Morgan fingerprint density at radius 2 is 1.93 bits per heavy atom. The Balaban J connectivity index is 1.56. The molecule has 148 valence electrons. The number of rotatable bonds is 2. The largest absolute Gasteiger partial charge is 0.374 e. The molecule has 0 spiro atoms. The molecule has 0 aliphatic carbocycles. The van der Waals surface area contributed by atoms with Gasteiger partial charge in [-0.15, -0.1) is 0 Å². The fourth-order valence-electron chi connectivity index (χ4n) is 4.22. The highest BCUT2D eigenvalue weighted by Gasteiger charge is 2.28. The van der Waals surface area contributed by atoms with Crippen molar-refractivity contribution in [3.63, 3.8) is 0 Å². The molecule has 8 heteroatoms. The number of fused-ring (bicyclic) bond motifs is 3. The predicted molar refractivity (Wildman–Crippen MR) is 109 cm³/mol. The van der Waals surface area contributed by atoms with E-state index >= 15 is 0 Å². The lowest BCUT2D eigenvalue weighted by Gasteiger charge is -2.28. The van der Waals surface area contributed by atoms with E-state index in [1.165, 1.54) is 6.07 Å². The van der Waals surface area contributed by atoms with E-state index in [1.54, 1.807) is 18.6 Å². The van der Waals surface area contributed by atoms with Gasteiger partial charge in [0.15, 0.2) is 5.65 Å². The molecular weight excluding hydrogens is 383 g/mol. The van der Waals surface area contributed by atoms with Crippen molar-refractivity contribution in [2.75, 3.05) is 6.61 Å². The second kappa shape index (κ2) is 6.43. The minimum absolute atomic E-state index is 0.211. The molecule has 0 bridgehead atoms. The molecule has 1 aliphatic rings. The summed E-state index contributed by atoms with van der Waals surface area (Å²) < 4.78 is 24.0. The van der Waals surface area contributed by atoms with Crippen molar-refractivity contribution in [3.05, 3.63) is 77.8 Å². The molecule has 4 heterocycles. The van der Waals surface area contributed by atoms with E-state index < -0.39 is 0 Å². The number of nitrogens with zero attached hydrogens (tertiary/aromatic N) is 6. The van der Waals surface area contributed by atoms with Crippen LogP contribution in [0, 0.1) is 12.7 Å². The Hall–Kier alpha value is -3.65. The zero-order valence-corrected chi connectivity index (χ0v) is 16.2.